The Kier molecular flexibility index (Phi) is 3.99. The third-order valence-corrected chi connectivity index (χ3v) is 3.04. The van der Waals surface area contributed by atoms with Crippen molar-refractivity contribution < 1.29 is 9.90 Å². The first-order valence-corrected chi connectivity index (χ1v) is 6.23. The first-order chi connectivity index (χ1) is 8.72. The van der Waals surface area contributed by atoms with E-state index >= 15 is 0 Å². The first-order valence-electron chi connectivity index (χ1n) is 6.23. The van der Waals surface area contributed by atoms with Crippen LogP contribution < -0.4 is 5.32 Å². The summed E-state index contributed by atoms with van der Waals surface area (Å²) in [6, 6.07) is 7.42. The maximum absolute atomic E-state index is 11.2. The Morgan fingerprint density at radius 2 is 2.22 bits per heavy atom. The number of benzene rings is 1. The number of carboxylic acids is 1. The summed E-state index contributed by atoms with van der Waals surface area (Å²) in [6.45, 7) is 2.75. The molecule has 18 heavy (non-hydrogen) atoms. The Hall–Kier alpha value is -1.81. The zero-order valence-corrected chi connectivity index (χ0v) is 10.4. The van der Waals surface area contributed by atoms with Gasteiger partial charge >= 0.3 is 5.97 Å². The van der Waals surface area contributed by atoms with Crippen LogP contribution in [0.25, 0.3) is 10.9 Å². The lowest BCUT2D eigenvalue weighted by atomic mass is 10.1. The summed E-state index contributed by atoms with van der Waals surface area (Å²) >= 11 is 0. The van der Waals surface area contributed by atoms with Gasteiger partial charge in [0.25, 0.3) is 0 Å². The van der Waals surface area contributed by atoms with Crippen LogP contribution in [-0.4, -0.2) is 28.6 Å². The molecule has 0 aliphatic carbocycles. The summed E-state index contributed by atoms with van der Waals surface area (Å²) in [4.78, 5) is 14.4. The predicted molar refractivity (Wildman–Crippen MR) is 71.7 cm³/mol. The SMILES string of the molecule is CCCN[C@@H](Cc1c[nH]c2ccccc12)C(=O)O. The summed E-state index contributed by atoms with van der Waals surface area (Å²) < 4.78 is 0. The van der Waals surface area contributed by atoms with Crippen LogP contribution in [-0.2, 0) is 11.2 Å². The molecule has 0 aliphatic rings. The van der Waals surface area contributed by atoms with Crippen molar-refractivity contribution in [2.24, 2.45) is 0 Å². The van der Waals surface area contributed by atoms with Gasteiger partial charge in [0.05, 0.1) is 0 Å². The highest BCUT2D eigenvalue weighted by atomic mass is 16.4. The second-order valence-corrected chi connectivity index (χ2v) is 4.41. The molecule has 0 aliphatic heterocycles. The third-order valence-electron chi connectivity index (χ3n) is 3.04. The van der Waals surface area contributed by atoms with E-state index in [4.69, 9.17) is 0 Å². The molecule has 0 saturated carbocycles. The highest BCUT2D eigenvalue weighted by molar-refractivity contribution is 5.84. The fraction of sp³-hybridized carbons (Fsp3) is 0.357. The average molecular weight is 246 g/mol. The van der Waals surface area contributed by atoms with Crippen LogP contribution in [0.5, 0.6) is 0 Å². The Labute approximate surface area is 106 Å². The molecule has 1 heterocycles. The summed E-state index contributed by atoms with van der Waals surface area (Å²) in [6.07, 6.45) is 3.32. The smallest absolute Gasteiger partial charge is 0.321 e. The molecule has 1 aromatic heterocycles. The molecule has 4 nitrogen and oxygen atoms in total. The predicted octanol–water partition coefficient (Wildman–Crippen LogP) is 2.16. The van der Waals surface area contributed by atoms with Crippen molar-refractivity contribution in [1.29, 1.82) is 0 Å². The molecule has 0 fully saturated rings. The second kappa shape index (κ2) is 5.69. The van der Waals surface area contributed by atoms with Crippen molar-refractivity contribution in [3.8, 4) is 0 Å². The lowest BCUT2D eigenvalue weighted by Crippen LogP contribution is -2.38. The van der Waals surface area contributed by atoms with Crippen molar-refractivity contribution in [3.05, 3.63) is 36.0 Å². The molecule has 0 radical (unpaired) electrons. The standard InChI is InChI=1S/C14H18N2O2/c1-2-7-15-13(14(17)18)8-10-9-16-12-6-4-3-5-11(10)12/h3-6,9,13,15-16H,2,7-8H2,1H3,(H,17,18)/t13-/m0/s1. The van der Waals surface area contributed by atoms with Crippen LogP contribution in [0.1, 0.15) is 18.9 Å². The average Bonchev–Trinajstić information content (AvgIpc) is 2.77. The Bertz CT molecular complexity index is 533. The third kappa shape index (κ3) is 2.71. The fourth-order valence-electron chi connectivity index (χ4n) is 2.09. The number of fused-ring (bicyclic) bond motifs is 1. The van der Waals surface area contributed by atoms with Gasteiger partial charge in [-0.2, -0.15) is 0 Å². The molecule has 2 aromatic rings. The number of carbonyl (C=O) groups is 1. The van der Waals surface area contributed by atoms with Crippen LogP contribution >= 0.6 is 0 Å². The van der Waals surface area contributed by atoms with E-state index in [0.29, 0.717) is 6.42 Å². The van der Waals surface area contributed by atoms with Gasteiger partial charge in [0.2, 0.25) is 0 Å². The van der Waals surface area contributed by atoms with E-state index in [-0.39, 0.29) is 0 Å². The van der Waals surface area contributed by atoms with Gasteiger partial charge in [-0.15, -0.1) is 0 Å². The lowest BCUT2D eigenvalue weighted by Gasteiger charge is -2.13. The monoisotopic (exact) mass is 246 g/mol. The number of H-pyrrole nitrogens is 1. The number of nitrogens with one attached hydrogen (secondary N) is 2. The summed E-state index contributed by atoms with van der Waals surface area (Å²) in [5, 5.41) is 13.4. The topological polar surface area (TPSA) is 65.1 Å². The van der Waals surface area contributed by atoms with Gasteiger partial charge in [0, 0.05) is 23.5 Å². The van der Waals surface area contributed by atoms with Crippen LogP contribution in [0.2, 0.25) is 0 Å². The second-order valence-electron chi connectivity index (χ2n) is 4.41. The van der Waals surface area contributed by atoms with Gasteiger partial charge in [-0.1, -0.05) is 25.1 Å². The van der Waals surface area contributed by atoms with Crippen molar-refractivity contribution in [2.45, 2.75) is 25.8 Å². The Morgan fingerprint density at radius 1 is 1.44 bits per heavy atom. The Balaban J connectivity index is 2.18. The van der Waals surface area contributed by atoms with Crippen LogP contribution in [0, 0.1) is 0 Å². The molecular formula is C14H18N2O2. The highest BCUT2D eigenvalue weighted by Gasteiger charge is 2.18. The first kappa shape index (κ1) is 12.6. The highest BCUT2D eigenvalue weighted by Crippen LogP contribution is 2.19. The maximum Gasteiger partial charge on any atom is 0.321 e. The number of aromatic amines is 1. The minimum absolute atomic E-state index is 0.499. The number of para-hydroxylation sites is 1. The molecule has 2 rings (SSSR count). The van der Waals surface area contributed by atoms with Gasteiger partial charge in [0.15, 0.2) is 0 Å². The zero-order valence-electron chi connectivity index (χ0n) is 10.4. The van der Waals surface area contributed by atoms with E-state index in [0.717, 1.165) is 29.4 Å². The van der Waals surface area contributed by atoms with Crippen LogP contribution in [0.4, 0.5) is 0 Å². The van der Waals surface area contributed by atoms with Gasteiger partial charge in [-0.05, 0) is 24.6 Å². The largest absolute Gasteiger partial charge is 0.480 e. The molecule has 96 valence electrons. The molecule has 4 heteroatoms. The van der Waals surface area contributed by atoms with Gasteiger partial charge in [-0.3, -0.25) is 4.79 Å². The van der Waals surface area contributed by atoms with Crippen molar-refractivity contribution in [1.82, 2.24) is 10.3 Å². The van der Waals surface area contributed by atoms with Crippen molar-refractivity contribution in [3.63, 3.8) is 0 Å². The zero-order chi connectivity index (χ0) is 13.0. The molecule has 1 atom stereocenters. The summed E-state index contributed by atoms with van der Waals surface area (Å²) in [5.74, 6) is -0.797. The minimum Gasteiger partial charge on any atom is -0.480 e. The van der Waals surface area contributed by atoms with E-state index in [1.165, 1.54) is 0 Å². The van der Waals surface area contributed by atoms with E-state index in [1.807, 2.05) is 37.4 Å². The molecule has 3 N–H and O–H groups in total. The van der Waals surface area contributed by atoms with Gasteiger partial charge < -0.3 is 15.4 Å². The number of aliphatic carboxylic acids is 1. The normalized spacial score (nSPS) is 12.7. The summed E-state index contributed by atoms with van der Waals surface area (Å²) in [5.41, 5.74) is 2.09. The van der Waals surface area contributed by atoms with E-state index in [9.17, 15) is 9.90 Å². The molecule has 0 amide bonds. The minimum atomic E-state index is -0.797. The maximum atomic E-state index is 11.2. The van der Waals surface area contributed by atoms with E-state index in [2.05, 4.69) is 10.3 Å². The Morgan fingerprint density at radius 3 is 2.94 bits per heavy atom. The van der Waals surface area contributed by atoms with Crippen molar-refractivity contribution in [2.75, 3.05) is 6.54 Å². The summed E-state index contributed by atoms with van der Waals surface area (Å²) in [7, 11) is 0. The number of rotatable bonds is 6. The molecular weight excluding hydrogens is 228 g/mol. The molecule has 0 saturated heterocycles. The van der Waals surface area contributed by atoms with Crippen LogP contribution in [0.15, 0.2) is 30.5 Å². The molecule has 1 aromatic carbocycles. The quantitative estimate of drug-likeness (QED) is 0.731. The number of carboxylic acid groups (broad SMARTS) is 1. The molecule has 0 bridgehead atoms. The molecule has 0 unspecified atom stereocenters. The molecule has 0 spiro atoms. The van der Waals surface area contributed by atoms with E-state index < -0.39 is 12.0 Å². The number of hydrogen-bond donors (Lipinski definition) is 3. The number of hydrogen-bond acceptors (Lipinski definition) is 2. The van der Waals surface area contributed by atoms with Gasteiger partial charge in [0.1, 0.15) is 6.04 Å². The number of aromatic nitrogens is 1. The van der Waals surface area contributed by atoms with Gasteiger partial charge in [-0.25, -0.2) is 0 Å². The van der Waals surface area contributed by atoms with E-state index in [1.54, 1.807) is 0 Å². The van der Waals surface area contributed by atoms with Crippen molar-refractivity contribution >= 4 is 16.9 Å². The van der Waals surface area contributed by atoms with Crippen LogP contribution in [0.3, 0.4) is 0 Å². The fourth-order valence-corrected chi connectivity index (χ4v) is 2.09. The lowest BCUT2D eigenvalue weighted by molar-refractivity contribution is -0.139.